The first-order valence-electron chi connectivity index (χ1n) is 8.68. The highest BCUT2D eigenvalue weighted by Crippen LogP contribution is 2.25. The molecule has 2 aromatic carbocycles. The van der Waals surface area contributed by atoms with E-state index in [0.29, 0.717) is 10.0 Å². The van der Waals surface area contributed by atoms with Crippen molar-refractivity contribution in [3.63, 3.8) is 0 Å². The molecule has 0 radical (unpaired) electrons. The molecule has 0 aromatic heterocycles. The second-order valence-electron chi connectivity index (χ2n) is 6.31. The van der Waals surface area contributed by atoms with Gasteiger partial charge in [-0.15, -0.1) is 0 Å². The minimum Gasteiger partial charge on any atom is -0.338 e. The van der Waals surface area contributed by atoms with Crippen LogP contribution in [0.25, 0.3) is 6.08 Å². The number of piperazine rings is 1. The molecule has 1 saturated heterocycles. The van der Waals surface area contributed by atoms with E-state index in [0.717, 1.165) is 43.5 Å². The minimum absolute atomic E-state index is 0.527. The summed E-state index contributed by atoms with van der Waals surface area (Å²) in [5.41, 5.74) is 2.11. The number of anilines is 1. The molecule has 1 aliphatic rings. The molecule has 0 aliphatic carbocycles. The van der Waals surface area contributed by atoms with Crippen LogP contribution in [-0.2, 0) is 0 Å². The summed E-state index contributed by atoms with van der Waals surface area (Å²) >= 11 is 17.5. The number of thiocarbonyl (C=S) groups is 1. The lowest BCUT2D eigenvalue weighted by atomic mass is 10.2. The highest BCUT2D eigenvalue weighted by Gasteiger charge is 2.20. The zero-order valence-electron chi connectivity index (χ0n) is 14.4. The van der Waals surface area contributed by atoms with Crippen molar-refractivity contribution in [3.8, 4) is 0 Å². The Labute approximate surface area is 170 Å². The number of nitrogens with zero attached hydrogens (tertiary/aromatic N) is 1. The molecule has 6 heteroatoms. The van der Waals surface area contributed by atoms with Crippen molar-refractivity contribution < 1.29 is 4.90 Å². The molecule has 3 rings (SSSR count). The van der Waals surface area contributed by atoms with Gasteiger partial charge in [-0.1, -0.05) is 59.6 Å². The molecule has 0 saturated carbocycles. The Morgan fingerprint density at radius 1 is 1.08 bits per heavy atom. The SMILES string of the molecule is S=C(Nc1ccc(Cl)c(Cl)c1)N1CC[NH+](C/C=C/c2ccccc2)CC1. The van der Waals surface area contributed by atoms with Crippen LogP contribution in [0.15, 0.2) is 54.6 Å². The number of benzene rings is 2. The lowest BCUT2D eigenvalue weighted by Gasteiger charge is -2.33. The number of hydrogen-bond donors (Lipinski definition) is 2. The lowest BCUT2D eigenvalue weighted by molar-refractivity contribution is -0.897. The molecule has 0 spiro atoms. The third-order valence-electron chi connectivity index (χ3n) is 4.45. The highest BCUT2D eigenvalue weighted by atomic mass is 35.5. The van der Waals surface area contributed by atoms with Crippen LogP contribution in [-0.4, -0.2) is 42.7 Å². The van der Waals surface area contributed by atoms with Crippen LogP contribution in [0.5, 0.6) is 0 Å². The van der Waals surface area contributed by atoms with Crippen LogP contribution < -0.4 is 10.2 Å². The lowest BCUT2D eigenvalue weighted by Crippen LogP contribution is -3.14. The van der Waals surface area contributed by atoms with Gasteiger partial charge >= 0.3 is 0 Å². The van der Waals surface area contributed by atoms with E-state index >= 15 is 0 Å². The Bertz CT molecular complexity index is 772. The van der Waals surface area contributed by atoms with Crippen LogP contribution in [0.1, 0.15) is 5.56 Å². The maximum atomic E-state index is 6.06. The molecule has 0 unspecified atom stereocenters. The number of halogens is 2. The van der Waals surface area contributed by atoms with Crippen molar-refractivity contribution in [3.05, 3.63) is 70.2 Å². The molecule has 136 valence electrons. The van der Waals surface area contributed by atoms with Crippen molar-refractivity contribution in [2.75, 3.05) is 38.0 Å². The number of rotatable bonds is 4. The minimum atomic E-state index is 0.527. The standard InChI is InChI=1S/C20H21Cl2N3S/c21-18-9-8-17(15-19(18)22)23-20(26)25-13-11-24(12-14-25)10-4-7-16-5-2-1-3-6-16/h1-9,15H,10-14H2,(H,23,26)/p+1/b7-4+. The molecule has 1 heterocycles. The Balaban J connectivity index is 1.44. The van der Waals surface area contributed by atoms with Crippen LogP contribution in [0.3, 0.4) is 0 Å². The Morgan fingerprint density at radius 3 is 2.50 bits per heavy atom. The van der Waals surface area contributed by atoms with E-state index in [1.807, 2.05) is 12.1 Å². The van der Waals surface area contributed by atoms with Crippen molar-refractivity contribution in [1.82, 2.24) is 4.90 Å². The Morgan fingerprint density at radius 2 is 1.81 bits per heavy atom. The van der Waals surface area contributed by atoms with Crippen LogP contribution in [0.4, 0.5) is 5.69 Å². The van der Waals surface area contributed by atoms with Gasteiger partial charge in [0.25, 0.3) is 0 Å². The summed E-state index contributed by atoms with van der Waals surface area (Å²) in [7, 11) is 0. The average molecular weight is 407 g/mol. The fourth-order valence-corrected chi connectivity index (χ4v) is 3.53. The molecule has 2 N–H and O–H groups in total. The molecule has 1 aliphatic heterocycles. The number of nitrogens with one attached hydrogen (secondary N) is 2. The second kappa shape index (κ2) is 9.38. The van der Waals surface area contributed by atoms with Crippen molar-refractivity contribution >= 4 is 52.3 Å². The zero-order valence-corrected chi connectivity index (χ0v) is 16.7. The van der Waals surface area contributed by atoms with Gasteiger partial charge < -0.3 is 15.1 Å². The smallest absolute Gasteiger partial charge is 0.173 e. The first-order chi connectivity index (χ1) is 12.6. The van der Waals surface area contributed by atoms with Gasteiger partial charge in [0, 0.05) is 5.69 Å². The van der Waals surface area contributed by atoms with Gasteiger partial charge in [0.05, 0.1) is 42.8 Å². The van der Waals surface area contributed by atoms with E-state index in [1.165, 1.54) is 5.56 Å². The fourth-order valence-electron chi connectivity index (χ4n) is 2.93. The van der Waals surface area contributed by atoms with Gasteiger partial charge in [0.2, 0.25) is 0 Å². The summed E-state index contributed by atoms with van der Waals surface area (Å²) in [6, 6.07) is 15.9. The van der Waals surface area contributed by atoms with Crippen molar-refractivity contribution in [2.24, 2.45) is 0 Å². The molecule has 1 fully saturated rings. The second-order valence-corrected chi connectivity index (χ2v) is 7.51. The molecule has 0 atom stereocenters. The molecule has 0 amide bonds. The van der Waals surface area contributed by atoms with Gasteiger partial charge in [0.1, 0.15) is 0 Å². The van der Waals surface area contributed by atoms with E-state index in [2.05, 4.69) is 46.6 Å². The monoisotopic (exact) mass is 406 g/mol. The molecule has 3 nitrogen and oxygen atoms in total. The van der Waals surface area contributed by atoms with E-state index in [9.17, 15) is 0 Å². The summed E-state index contributed by atoms with van der Waals surface area (Å²) < 4.78 is 0. The predicted molar refractivity (Wildman–Crippen MR) is 115 cm³/mol. The molecular formula is C20H22Cl2N3S+. The van der Waals surface area contributed by atoms with Gasteiger partial charge in [0.15, 0.2) is 5.11 Å². The van der Waals surface area contributed by atoms with E-state index < -0.39 is 0 Å². The fraction of sp³-hybridized carbons (Fsp3) is 0.250. The van der Waals surface area contributed by atoms with E-state index in [-0.39, 0.29) is 0 Å². The summed E-state index contributed by atoms with van der Waals surface area (Å²) in [5.74, 6) is 0. The summed E-state index contributed by atoms with van der Waals surface area (Å²) in [6.07, 6.45) is 4.45. The zero-order chi connectivity index (χ0) is 18.4. The summed E-state index contributed by atoms with van der Waals surface area (Å²) in [4.78, 5) is 3.79. The summed E-state index contributed by atoms with van der Waals surface area (Å²) in [6.45, 7) is 5.07. The van der Waals surface area contributed by atoms with Gasteiger partial charge in [-0.05, 0) is 42.1 Å². The molecule has 0 bridgehead atoms. The Hall–Kier alpha value is -1.59. The van der Waals surface area contributed by atoms with Crippen LogP contribution >= 0.6 is 35.4 Å². The first kappa shape index (κ1) is 19.2. The van der Waals surface area contributed by atoms with Crippen molar-refractivity contribution in [2.45, 2.75) is 0 Å². The molecular weight excluding hydrogens is 385 g/mol. The predicted octanol–water partition coefficient (Wildman–Crippen LogP) is 3.60. The number of hydrogen-bond acceptors (Lipinski definition) is 1. The highest BCUT2D eigenvalue weighted by molar-refractivity contribution is 7.80. The van der Waals surface area contributed by atoms with Crippen LogP contribution in [0.2, 0.25) is 10.0 Å². The quantitative estimate of drug-likeness (QED) is 0.756. The third-order valence-corrected chi connectivity index (χ3v) is 5.54. The summed E-state index contributed by atoms with van der Waals surface area (Å²) in [5, 5.41) is 5.06. The maximum Gasteiger partial charge on any atom is 0.173 e. The van der Waals surface area contributed by atoms with Gasteiger partial charge in [-0.2, -0.15) is 0 Å². The maximum absolute atomic E-state index is 6.06. The van der Waals surface area contributed by atoms with Crippen LogP contribution in [0, 0.1) is 0 Å². The third kappa shape index (κ3) is 5.45. The van der Waals surface area contributed by atoms with Crippen molar-refractivity contribution in [1.29, 1.82) is 0 Å². The molecule has 2 aromatic rings. The topological polar surface area (TPSA) is 19.7 Å². The van der Waals surface area contributed by atoms with E-state index in [1.54, 1.807) is 17.0 Å². The molecule has 26 heavy (non-hydrogen) atoms. The number of quaternary nitrogens is 1. The van der Waals surface area contributed by atoms with Gasteiger partial charge in [-0.3, -0.25) is 0 Å². The van der Waals surface area contributed by atoms with E-state index in [4.69, 9.17) is 35.4 Å². The van der Waals surface area contributed by atoms with Gasteiger partial charge in [-0.25, -0.2) is 0 Å². The average Bonchev–Trinajstić information content (AvgIpc) is 2.66. The largest absolute Gasteiger partial charge is 0.338 e. The first-order valence-corrected chi connectivity index (χ1v) is 9.84. The Kier molecular flexibility index (Phi) is 6.92. The normalized spacial score (nSPS) is 15.4.